The SMILES string of the molecule is Cc1onc(-c2ccccc2Cl)c1C(=O)N[C@H](CC(C)C)C(=O)O. The highest BCUT2D eigenvalue weighted by atomic mass is 35.5. The first kappa shape index (κ1) is 18.0. The van der Waals surface area contributed by atoms with Gasteiger partial charge in [0.25, 0.3) is 5.91 Å². The van der Waals surface area contributed by atoms with Crippen molar-refractivity contribution < 1.29 is 19.2 Å². The van der Waals surface area contributed by atoms with Gasteiger partial charge in [-0.25, -0.2) is 4.79 Å². The molecule has 2 aromatic rings. The zero-order valence-electron chi connectivity index (χ0n) is 13.7. The van der Waals surface area contributed by atoms with E-state index in [1.165, 1.54) is 0 Å². The Hall–Kier alpha value is -2.34. The number of carbonyl (C=O) groups excluding carboxylic acids is 1. The number of hydrogen-bond acceptors (Lipinski definition) is 4. The van der Waals surface area contributed by atoms with Gasteiger partial charge in [-0.1, -0.05) is 48.8 Å². The van der Waals surface area contributed by atoms with E-state index in [0.29, 0.717) is 28.5 Å². The van der Waals surface area contributed by atoms with Crippen LogP contribution in [0.15, 0.2) is 28.8 Å². The summed E-state index contributed by atoms with van der Waals surface area (Å²) in [6.07, 6.45) is 0.326. The molecule has 2 rings (SSSR count). The van der Waals surface area contributed by atoms with Gasteiger partial charge in [-0.15, -0.1) is 0 Å². The average molecular weight is 351 g/mol. The Bertz CT molecular complexity index is 755. The van der Waals surface area contributed by atoms with Crippen molar-refractivity contribution in [3.63, 3.8) is 0 Å². The monoisotopic (exact) mass is 350 g/mol. The van der Waals surface area contributed by atoms with Gasteiger partial charge in [-0.3, -0.25) is 4.79 Å². The Morgan fingerprint density at radius 2 is 2.00 bits per heavy atom. The van der Waals surface area contributed by atoms with E-state index in [9.17, 15) is 14.7 Å². The Morgan fingerprint density at radius 1 is 1.33 bits per heavy atom. The molecule has 1 heterocycles. The lowest BCUT2D eigenvalue weighted by atomic mass is 10.0. The van der Waals surface area contributed by atoms with Crippen LogP contribution in [0.1, 0.15) is 36.4 Å². The Balaban J connectivity index is 2.35. The summed E-state index contributed by atoms with van der Waals surface area (Å²) in [5.74, 6) is -1.20. The summed E-state index contributed by atoms with van der Waals surface area (Å²) in [6.45, 7) is 5.38. The van der Waals surface area contributed by atoms with Gasteiger partial charge in [0.15, 0.2) is 0 Å². The van der Waals surface area contributed by atoms with Gasteiger partial charge in [0.05, 0.1) is 5.02 Å². The first-order chi connectivity index (χ1) is 11.3. The fourth-order valence-corrected chi connectivity index (χ4v) is 2.63. The van der Waals surface area contributed by atoms with Gasteiger partial charge >= 0.3 is 5.97 Å². The zero-order valence-corrected chi connectivity index (χ0v) is 14.4. The van der Waals surface area contributed by atoms with Crippen LogP contribution >= 0.6 is 11.6 Å². The minimum absolute atomic E-state index is 0.123. The molecular formula is C17H19ClN2O4. The van der Waals surface area contributed by atoms with Crippen molar-refractivity contribution in [2.45, 2.75) is 33.2 Å². The fourth-order valence-electron chi connectivity index (χ4n) is 2.40. The largest absolute Gasteiger partial charge is 0.480 e. The molecule has 128 valence electrons. The van der Waals surface area contributed by atoms with Crippen LogP contribution in [0.2, 0.25) is 5.02 Å². The maximum absolute atomic E-state index is 12.6. The lowest BCUT2D eigenvalue weighted by molar-refractivity contribution is -0.139. The predicted molar refractivity (Wildman–Crippen MR) is 90.0 cm³/mol. The number of carboxylic acids is 1. The van der Waals surface area contributed by atoms with E-state index in [4.69, 9.17) is 16.1 Å². The van der Waals surface area contributed by atoms with Gasteiger partial charge in [-0.2, -0.15) is 0 Å². The zero-order chi connectivity index (χ0) is 17.9. The van der Waals surface area contributed by atoms with Crippen LogP contribution in [-0.4, -0.2) is 28.2 Å². The Labute approximate surface area is 144 Å². The third kappa shape index (κ3) is 3.94. The molecule has 1 atom stereocenters. The van der Waals surface area contributed by atoms with Gasteiger partial charge < -0.3 is 14.9 Å². The molecule has 1 amide bonds. The first-order valence-electron chi connectivity index (χ1n) is 7.56. The normalized spacial score (nSPS) is 12.2. The number of carbonyl (C=O) groups is 2. The highest BCUT2D eigenvalue weighted by molar-refractivity contribution is 6.33. The van der Waals surface area contributed by atoms with Crippen molar-refractivity contribution >= 4 is 23.5 Å². The molecule has 0 radical (unpaired) electrons. The number of benzene rings is 1. The lowest BCUT2D eigenvalue weighted by Crippen LogP contribution is -2.41. The molecule has 0 spiro atoms. The van der Waals surface area contributed by atoms with Crippen LogP contribution < -0.4 is 5.32 Å². The van der Waals surface area contributed by atoms with E-state index >= 15 is 0 Å². The molecule has 24 heavy (non-hydrogen) atoms. The van der Waals surface area contributed by atoms with Crippen LogP contribution in [0, 0.1) is 12.8 Å². The standard InChI is InChI=1S/C17H19ClN2O4/c1-9(2)8-13(17(22)23)19-16(21)14-10(3)24-20-15(14)11-6-4-5-7-12(11)18/h4-7,9,13H,8H2,1-3H3,(H,19,21)(H,22,23)/t13-/m1/s1. The van der Waals surface area contributed by atoms with E-state index in [1.807, 2.05) is 13.8 Å². The number of nitrogens with zero attached hydrogens (tertiary/aromatic N) is 1. The number of nitrogens with one attached hydrogen (secondary N) is 1. The summed E-state index contributed by atoms with van der Waals surface area (Å²) >= 11 is 6.16. The molecule has 0 fully saturated rings. The number of halogens is 1. The second-order valence-corrected chi connectivity index (χ2v) is 6.34. The summed E-state index contributed by atoms with van der Waals surface area (Å²) < 4.78 is 5.13. The quantitative estimate of drug-likeness (QED) is 0.831. The van der Waals surface area contributed by atoms with Crippen molar-refractivity contribution in [1.82, 2.24) is 10.5 Å². The Kier molecular flexibility index (Phi) is 5.62. The van der Waals surface area contributed by atoms with E-state index < -0.39 is 17.9 Å². The van der Waals surface area contributed by atoms with Gasteiger partial charge in [0.1, 0.15) is 23.1 Å². The molecule has 2 N–H and O–H groups in total. The summed E-state index contributed by atoms with van der Waals surface area (Å²) in [5, 5.41) is 16.2. The molecular weight excluding hydrogens is 332 g/mol. The number of amides is 1. The fraction of sp³-hybridized carbons (Fsp3) is 0.353. The maximum Gasteiger partial charge on any atom is 0.326 e. The molecule has 1 aromatic heterocycles. The molecule has 0 saturated carbocycles. The number of aromatic nitrogens is 1. The summed E-state index contributed by atoms with van der Waals surface area (Å²) in [7, 11) is 0. The van der Waals surface area contributed by atoms with Crippen molar-refractivity contribution in [3.05, 3.63) is 40.6 Å². The third-order valence-electron chi connectivity index (χ3n) is 3.53. The molecule has 0 aliphatic carbocycles. The van der Waals surface area contributed by atoms with E-state index in [1.54, 1.807) is 31.2 Å². The van der Waals surface area contributed by atoms with E-state index in [-0.39, 0.29) is 11.5 Å². The minimum Gasteiger partial charge on any atom is -0.480 e. The number of hydrogen-bond donors (Lipinski definition) is 2. The van der Waals surface area contributed by atoms with Gasteiger partial charge in [0, 0.05) is 5.56 Å². The smallest absolute Gasteiger partial charge is 0.326 e. The molecule has 7 heteroatoms. The second-order valence-electron chi connectivity index (χ2n) is 5.94. The molecule has 6 nitrogen and oxygen atoms in total. The van der Waals surface area contributed by atoms with Crippen LogP contribution in [0.25, 0.3) is 11.3 Å². The number of carboxylic acid groups (broad SMARTS) is 1. The van der Waals surface area contributed by atoms with Crippen molar-refractivity contribution in [2.75, 3.05) is 0 Å². The number of aryl methyl sites for hydroxylation is 1. The highest BCUT2D eigenvalue weighted by Crippen LogP contribution is 2.31. The predicted octanol–water partition coefficient (Wildman–Crippen LogP) is 3.53. The number of aliphatic carboxylic acids is 1. The van der Waals surface area contributed by atoms with Crippen molar-refractivity contribution in [1.29, 1.82) is 0 Å². The summed E-state index contributed by atoms with van der Waals surface area (Å²) in [4.78, 5) is 24.0. The second kappa shape index (κ2) is 7.49. The van der Waals surface area contributed by atoms with Gasteiger partial charge in [-0.05, 0) is 25.3 Å². The average Bonchev–Trinajstić information content (AvgIpc) is 2.88. The maximum atomic E-state index is 12.6. The van der Waals surface area contributed by atoms with Crippen LogP contribution in [0.4, 0.5) is 0 Å². The molecule has 1 aromatic carbocycles. The summed E-state index contributed by atoms with van der Waals surface area (Å²) in [6, 6.07) is 5.96. The topological polar surface area (TPSA) is 92.4 Å². The van der Waals surface area contributed by atoms with Crippen molar-refractivity contribution in [3.8, 4) is 11.3 Å². The molecule has 0 unspecified atom stereocenters. The lowest BCUT2D eigenvalue weighted by Gasteiger charge is -2.16. The molecule has 0 aliphatic rings. The summed E-state index contributed by atoms with van der Waals surface area (Å²) in [5.41, 5.74) is 1.04. The van der Waals surface area contributed by atoms with E-state index in [2.05, 4.69) is 10.5 Å². The molecule has 0 aliphatic heterocycles. The van der Waals surface area contributed by atoms with Crippen molar-refractivity contribution in [2.24, 2.45) is 5.92 Å². The van der Waals surface area contributed by atoms with Crippen LogP contribution in [0.3, 0.4) is 0 Å². The Morgan fingerprint density at radius 3 is 2.58 bits per heavy atom. The molecule has 0 saturated heterocycles. The highest BCUT2D eigenvalue weighted by Gasteiger charge is 2.27. The van der Waals surface area contributed by atoms with Gasteiger partial charge in [0.2, 0.25) is 0 Å². The first-order valence-corrected chi connectivity index (χ1v) is 7.94. The van der Waals surface area contributed by atoms with Crippen LogP contribution in [0.5, 0.6) is 0 Å². The van der Waals surface area contributed by atoms with E-state index in [0.717, 1.165) is 0 Å². The number of rotatable bonds is 6. The minimum atomic E-state index is -1.08. The van der Waals surface area contributed by atoms with Crippen LogP contribution in [-0.2, 0) is 4.79 Å². The molecule has 0 bridgehead atoms. The third-order valence-corrected chi connectivity index (χ3v) is 3.86.